The van der Waals surface area contributed by atoms with Crippen LogP contribution in [0, 0.1) is 11.6 Å². The summed E-state index contributed by atoms with van der Waals surface area (Å²) >= 11 is 5.96. The van der Waals surface area contributed by atoms with Crippen LogP contribution in [0.25, 0.3) is 0 Å². The molecule has 0 fully saturated rings. The summed E-state index contributed by atoms with van der Waals surface area (Å²) in [5, 5.41) is 0.410. The molecule has 0 aromatic heterocycles. The summed E-state index contributed by atoms with van der Waals surface area (Å²) in [6, 6.07) is 8.74. The highest BCUT2D eigenvalue weighted by Crippen LogP contribution is 2.26. The van der Waals surface area contributed by atoms with Crippen molar-refractivity contribution in [3.05, 3.63) is 64.2 Å². The van der Waals surface area contributed by atoms with Crippen molar-refractivity contribution in [3.63, 3.8) is 0 Å². The van der Waals surface area contributed by atoms with E-state index in [1.807, 2.05) is 0 Å². The molecule has 0 unspecified atom stereocenters. The molecule has 0 spiro atoms. The van der Waals surface area contributed by atoms with E-state index in [0.717, 1.165) is 0 Å². The van der Waals surface area contributed by atoms with Gasteiger partial charge in [-0.2, -0.15) is 0 Å². The van der Waals surface area contributed by atoms with Crippen LogP contribution in [0.15, 0.2) is 36.4 Å². The van der Waals surface area contributed by atoms with Crippen LogP contribution in [0.3, 0.4) is 0 Å². The lowest BCUT2D eigenvalue weighted by Crippen LogP contribution is -2.01. The Morgan fingerprint density at radius 3 is 2.12 bits per heavy atom. The zero-order valence-electron chi connectivity index (χ0n) is 8.88. The molecule has 2 aromatic rings. The molecule has 2 N–H and O–H groups in total. The summed E-state index contributed by atoms with van der Waals surface area (Å²) in [7, 11) is 0. The van der Waals surface area contributed by atoms with E-state index in [1.165, 1.54) is 18.2 Å². The molecule has 0 saturated heterocycles. The van der Waals surface area contributed by atoms with E-state index in [9.17, 15) is 8.78 Å². The summed E-state index contributed by atoms with van der Waals surface area (Å²) in [5.74, 6) is -1.19. The number of anilines is 1. The quantitative estimate of drug-likeness (QED) is 0.810. The van der Waals surface area contributed by atoms with Gasteiger partial charge in [-0.25, -0.2) is 8.78 Å². The molecule has 0 heterocycles. The van der Waals surface area contributed by atoms with Crippen molar-refractivity contribution >= 4 is 17.3 Å². The van der Waals surface area contributed by atoms with E-state index in [1.54, 1.807) is 18.2 Å². The number of hydrogen-bond acceptors (Lipinski definition) is 1. The highest BCUT2D eigenvalue weighted by atomic mass is 35.5. The van der Waals surface area contributed by atoms with Gasteiger partial charge < -0.3 is 5.73 Å². The molecule has 0 radical (unpaired) electrons. The van der Waals surface area contributed by atoms with Gasteiger partial charge in [0.25, 0.3) is 0 Å². The van der Waals surface area contributed by atoms with E-state index >= 15 is 0 Å². The fraction of sp³-hybridized carbons (Fsp3) is 0.0769. The fourth-order valence-electron chi connectivity index (χ4n) is 1.64. The number of benzene rings is 2. The third kappa shape index (κ3) is 2.39. The predicted octanol–water partition coefficient (Wildman–Crippen LogP) is 3.79. The van der Waals surface area contributed by atoms with Crippen molar-refractivity contribution in [1.29, 1.82) is 0 Å². The van der Waals surface area contributed by atoms with Gasteiger partial charge in [0, 0.05) is 22.7 Å². The first-order chi connectivity index (χ1) is 8.09. The maximum atomic E-state index is 13.5. The number of hydrogen-bond donors (Lipinski definition) is 1. The molecule has 0 aliphatic carbocycles. The molecule has 4 heteroatoms. The predicted molar refractivity (Wildman–Crippen MR) is 65.0 cm³/mol. The minimum Gasteiger partial charge on any atom is -0.398 e. The third-order valence-electron chi connectivity index (χ3n) is 2.57. The maximum absolute atomic E-state index is 13.5. The second-order valence-electron chi connectivity index (χ2n) is 3.68. The van der Waals surface area contributed by atoms with Crippen molar-refractivity contribution in [2.45, 2.75) is 6.42 Å². The minimum atomic E-state index is -0.593. The van der Waals surface area contributed by atoms with Crippen LogP contribution >= 0.6 is 11.6 Å². The average Bonchev–Trinajstić information content (AvgIpc) is 2.27. The first kappa shape index (κ1) is 11.9. The molecule has 0 saturated carbocycles. The highest BCUT2D eigenvalue weighted by molar-refractivity contribution is 6.31. The largest absolute Gasteiger partial charge is 0.398 e. The Hall–Kier alpha value is -1.61. The molecular formula is C13H10ClF2N. The van der Waals surface area contributed by atoms with Crippen molar-refractivity contribution < 1.29 is 8.78 Å². The summed E-state index contributed by atoms with van der Waals surface area (Å²) in [6.45, 7) is 0. The van der Waals surface area contributed by atoms with Crippen LogP contribution in [0.4, 0.5) is 14.5 Å². The Morgan fingerprint density at radius 2 is 1.53 bits per heavy atom. The van der Waals surface area contributed by atoms with E-state index in [4.69, 9.17) is 17.3 Å². The summed E-state index contributed by atoms with van der Waals surface area (Å²) in [6.07, 6.45) is 0.0456. The van der Waals surface area contributed by atoms with Gasteiger partial charge in [0.15, 0.2) is 0 Å². The number of nitrogen functional groups attached to an aromatic ring is 1. The lowest BCUT2D eigenvalue weighted by Gasteiger charge is -2.09. The molecule has 0 aliphatic rings. The zero-order chi connectivity index (χ0) is 12.4. The van der Waals surface area contributed by atoms with E-state index in [0.29, 0.717) is 16.3 Å². The van der Waals surface area contributed by atoms with E-state index in [-0.39, 0.29) is 12.0 Å². The Balaban J connectivity index is 2.45. The van der Waals surface area contributed by atoms with Gasteiger partial charge in [-0.15, -0.1) is 0 Å². The molecule has 17 heavy (non-hydrogen) atoms. The standard InChI is InChI=1S/C13H10ClF2N/c14-10-3-1-6-13(17)8(10)7-9-11(15)4-2-5-12(9)16/h1-6H,7,17H2. The SMILES string of the molecule is Nc1cccc(Cl)c1Cc1c(F)cccc1F. The zero-order valence-corrected chi connectivity index (χ0v) is 9.64. The van der Waals surface area contributed by atoms with Gasteiger partial charge in [0.1, 0.15) is 11.6 Å². The van der Waals surface area contributed by atoms with Crippen LogP contribution in [-0.4, -0.2) is 0 Å². The number of nitrogens with two attached hydrogens (primary N) is 1. The molecule has 0 atom stereocenters. The molecule has 1 nitrogen and oxygen atoms in total. The lowest BCUT2D eigenvalue weighted by atomic mass is 10.0. The van der Waals surface area contributed by atoms with Gasteiger partial charge >= 0.3 is 0 Å². The molecule has 88 valence electrons. The van der Waals surface area contributed by atoms with Crippen molar-refractivity contribution in [3.8, 4) is 0 Å². The molecule has 0 aliphatic heterocycles. The van der Waals surface area contributed by atoms with E-state index < -0.39 is 11.6 Å². The summed E-state index contributed by atoms with van der Waals surface area (Å²) in [4.78, 5) is 0. The normalized spacial score (nSPS) is 10.5. The van der Waals surface area contributed by atoms with Crippen LogP contribution in [0.1, 0.15) is 11.1 Å². The second kappa shape index (κ2) is 4.72. The van der Waals surface area contributed by atoms with Gasteiger partial charge in [-0.05, 0) is 29.8 Å². The van der Waals surface area contributed by atoms with Gasteiger partial charge in [0.2, 0.25) is 0 Å². The fourth-order valence-corrected chi connectivity index (χ4v) is 1.89. The lowest BCUT2D eigenvalue weighted by molar-refractivity contribution is 0.561. The molecule has 2 aromatic carbocycles. The highest BCUT2D eigenvalue weighted by Gasteiger charge is 2.12. The summed E-state index contributed by atoms with van der Waals surface area (Å²) < 4.78 is 27.0. The number of rotatable bonds is 2. The van der Waals surface area contributed by atoms with E-state index in [2.05, 4.69) is 0 Å². The summed E-state index contributed by atoms with van der Waals surface area (Å²) in [5.41, 5.74) is 6.69. The first-order valence-corrected chi connectivity index (χ1v) is 5.43. The van der Waals surface area contributed by atoms with Gasteiger partial charge in [0.05, 0.1) is 0 Å². The van der Waals surface area contributed by atoms with Crippen LogP contribution in [0.5, 0.6) is 0 Å². The van der Waals surface area contributed by atoms with Crippen molar-refractivity contribution in [2.24, 2.45) is 0 Å². The van der Waals surface area contributed by atoms with Crippen LogP contribution < -0.4 is 5.73 Å². The Kier molecular flexibility index (Phi) is 3.29. The number of halogens is 3. The Bertz CT molecular complexity index is 465. The molecule has 0 amide bonds. The smallest absolute Gasteiger partial charge is 0.129 e. The Morgan fingerprint density at radius 1 is 0.941 bits per heavy atom. The minimum absolute atomic E-state index is 0.0210. The van der Waals surface area contributed by atoms with Crippen molar-refractivity contribution in [1.82, 2.24) is 0 Å². The average molecular weight is 254 g/mol. The first-order valence-electron chi connectivity index (χ1n) is 5.05. The third-order valence-corrected chi connectivity index (χ3v) is 2.92. The van der Waals surface area contributed by atoms with Crippen molar-refractivity contribution in [2.75, 3.05) is 5.73 Å². The molecule has 0 bridgehead atoms. The Labute approximate surface area is 103 Å². The second-order valence-corrected chi connectivity index (χ2v) is 4.09. The van der Waals surface area contributed by atoms with Crippen LogP contribution in [0.2, 0.25) is 5.02 Å². The monoisotopic (exact) mass is 253 g/mol. The topological polar surface area (TPSA) is 26.0 Å². The molecular weight excluding hydrogens is 244 g/mol. The van der Waals surface area contributed by atoms with Gasteiger partial charge in [-0.3, -0.25) is 0 Å². The molecule has 2 rings (SSSR count). The van der Waals surface area contributed by atoms with Crippen LogP contribution in [-0.2, 0) is 6.42 Å². The van der Waals surface area contributed by atoms with Gasteiger partial charge in [-0.1, -0.05) is 23.7 Å². The maximum Gasteiger partial charge on any atom is 0.129 e.